The third-order valence-corrected chi connectivity index (χ3v) is 5.46. The highest BCUT2D eigenvalue weighted by atomic mass is 127. The Balaban J connectivity index is 0.00000300. The van der Waals surface area contributed by atoms with Crippen LogP contribution in [-0.2, 0) is 13.0 Å². The van der Waals surface area contributed by atoms with Gasteiger partial charge in [-0.05, 0) is 30.7 Å². The van der Waals surface area contributed by atoms with Crippen LogP contribution in [-0.4, -0.2) is 38.8 Å². The summed E-state index contributed by atoms with van der Waals surface area (Å²) in [5.41, 5.74) is 2.13. The molecule has 1 aromatic heterocycles. The first-order valence-electron chi connectivity index (χ1n) is 9.23. The molecule has 0 saturated heterocycles. The van der Waals surface area contributed by atoms with Crippen LogP contribution in [0.15, 0.2) is 47.5 Å². The van der Waals surface area contributed by atoms with Crippen LogP contribution in [0.4, 0.5) is 0 Å². The van der Waals surface area contributed by atoms with E-state index in [9.17, 15) is 0 Å². The van der Waals surface area contributed by atoms with E-state index in [-0.39, 0.29) is 24.0 Å². The molecule has 0 amide bonds. The molecule has 2 N–H and O–H groups in total. The van der Waals surface area contributed by atoms with Crippen molar-refractivity contribution in [2.24, 2.45) is 4.99 Å². The summed E-state index contributed by atoms with van der Waals surface area (Å²) >= 11 is 1.77. The van der Waals surface area contributed by atoms with Gasteiger partial charge in [-0.3, -0.25) is 4.99 Å². The number of thiazole rings is 1. The summed E-state index contributed by atoms with van der Waals surface area (Å²) in [6.45, 7) is 1.44. The first-order chi connectivity index (χ1) is 13.7. The van der Waals surface area contributed by atoms with Crippen molar-refractivity contribution in [2.45, 2.75) is 19.4 Å². The van der Waals surface area contributed by atoms with Gasteiger partial charge in [0.05, 0.1) is 29.4 Å². The zero-order chi connectivity index (χ0) is 19.8. The average molecular weight is 526 g/mol. The van der Waals surface area contributed by atoms with Crippen molar-refractivity contribution in [3.05, 3.63) is 53.0 Å². The van der Waals surface area contributed by atoms with Gasteiger partial charge in [-0.15, -0.1) is 35.3 Å². The molecule has 0 saturated carbocycles. The van der Waals surface area contributed by atoms with E-state index in [0.29, 0.717) is 6.54 Å². The highest BCUT2D eigenvalue weighted by molar-refractivity contribution is 14.0. The number of methoxy groups -OCH3 is 2. The number of rotatable bonds is 8. The molecule has 156 valence electrons. The molecule has 8 heteroatoms. The van der Waals surface area contributed by atoms with Crippen LogP contribution in [0, 0.1) is 0 Å². The first-order valence-corrected chi connectivity index (χ1v) is 10.0. The van der Waals surface area contributed by atoms with Crippen molar-refractivity contribution in [3.63, 3.8) is 0 Å². The molecule has 0 bridgehead atoms. The summed E-state index contributed by atoms with van der Waals surface area (Å²) in [5.74, 6) is 2.33. The van der Waals surface area contributed by atoms with E-state index in [1.165, 1.54) is 9.71 Å². The van der Waals surface area contributed by atoms with Crippen LogP contribution in [0.2, 0.25) is 0 Å². The van der Waals surface area contributed by atoms with Crippen molar-refractivity contribution >= 4 is 51.5 Å². The molecule has 3 rings (SSSR count). The maximum Gasteiger partial charge on any atom is 0.191 e. The van der Waals surface area contributed by atoms with Gasteiger partial charge in [-0.1, -0.05) is 12.1 Å². The molecule has 0 fully saturated rings. The molecule has 0 atom stereocenters. The minimum absolute atomic E-state index is 0. The molecule has 0 radical (unpaired) electrons. The van der Waals surface area contributed by atoms with E-state index >= 15 is 0 Å². The number of aliphatic imine (C=N–C) groups is 1. The number of hydrogen-bond donors (Lipinski definition) is 2. The summed E-state index contributed by atoms with van der Waals surface area (Å²) in [6.07, 6.45) is 1.95. The molecule has 1 heterocycles. The predicted octanol–water partition coefficient (Wildman–Crippen LogP) is 4.23. The highest BCUT2D eigenvalue weighted by Crippen LogP contribution is 2.24. The van der Waals surface area contributed by atoms with E-state index < -0.39 is 0 Å². The van der Waals surface area contributed by atoms with Gasteiger partial charge in [0, 0.05) is 38.2 Å². The third-order valence-electron chi connectivity index (χ3n) is 4.36. The van der Waals surface area contributed by atoms with Gasteiger partial charge in [0.1, 0.15) is 11.5 Å². The maximum absolute atomic E-state index is 5.44. The fourth-order valence-corrected chi connectivity index (χ4v) is 3.88. The quantitative estimate of drug-likeness (QED) is 0.199. The Kier molecular flexibility index (Phi) is 9.46. The van der Waals surface area contributed by atoms with E-state index in [4.69, 9.17) is 9.47 Å². The molecule has 0 aliphatic carbocycles. The number of guanidine groups is 1. The second kappa shape index (κ2) is 11.8. The molecule has 0 spiro atoms. The second-order valence-corrected chi connectivity index (χ2v) is 7.32. The SMILES string of the molecule is CN=C(NCCCc1nc2ccccc2s1)NCc1ccc(OC)cc1OC.I. The van der Waals surface area contributed by atoms with Gasteiger partial charge in [0.2, 0.25) is 0 Å². The molecular weight excluding hydrogens is 499 g/mol. The number of nitrogens with zero attached hydrogens (tertiary/aromatic N) is 2. The monoisotopic (exact) mass is 526 g/mol. The average Bonchev–Trinajstić information content (AvgIpc) is 3.16. The van der Waals surface area contributed by atoms with Crippen molar-refractivity contribution in [3.8, 4) is 11.5 Å². The molecule has 2 aromatic carbocycles. The molecule has 29 heavy (non-hydrogen) atoms. The zero-order valence-corrected chi connectivity index (χ0v) is 20.0. The van der Waals surface area contributed by atoms with Gasteiger partial charge >= 0.3 is 0 Å². The number of hydrogen-bond acceptors (Lipinski definition) is 5. The standard InChI is InChI=1S/C21H26N4O2S.HI/c1-22-21(24-14-15-10-11-16(26-2)13-18(15)27-3)23-12-6-9-20-25-17-7-4-5-8-19(17)28-20;/h4-5,7-8,10-11,13H,6,9,12,14H2,1-3H3,(H2,22,23,24);1H. The number of halogens is 1. The van der Waals surface area contributed by atoms with Gasteiger partial charge in [-0.25, -0.2) is 4.98 Å². The summed E-state index contributed by atoms with van der Waals surface area (Å²) in [4.78, 5) is 8.97. The number of aryl methyl sites for hydroxylation is 1. The van der Waals surface area contributed by atoms with E-state index in [2.05, 4.69) is 38.8 Å². The molecule has 0 unspecified atom stereocenters. The Morgan fingerprint density at radius 2 is 1.93 bits per heavy atom. The summed E-state index contributed by atoms with van der Waals surface area (Å²) in [6, 6.07) is 14.1. The minimum Gasteiger partial charge on any atom is -0.497 e. The Morgan fingerprint density at radius 1 is 1.10 bits per heavy atom. The van der Waals surface area contributed by atoms with Gasteiger partial charge in [0.25, 0.3) is 0 Å². The predicted molar refractivity (Wildman–Crippen MR) is 131 cm³/mol. The lowest BCUT2D eigenvalue weighted by atomic mass is 10.2. The Bertz CT molecular complexity index is 912. The number of ether oxygens (including phenoxy) is 2. The molecule has 3 aromatic rings. The molecule has 0 aliphatic heterocycles. The Labute approximate surface area is 192 Å². The zero-order valence-electron chi connectivity index (χ0n) is 16.9. The maximum atomic E-state index is 5.44. The number of para-hydroxylation sites is 1. The molecular formula is C21H27IN4O2S. The van der Waals surface area contributed by atoms with Crippen molar-refractivity contribution in [1.29, 1.82) is 0 Å². The fraction of sp³-hybridized carbons (Fsp3) is 0.333. The van der Waals surface area contributed by atoms with Crippen LogP contribution in [0.3, 0.4) is 0 Å². The Hall–Kier alpha value is -2.07. The van der Waals surface area contributed by atoms with Crippen LogP contribution in [0.5, 0.6) is 11.5 Å². The van der Waals surface area contributed by atoms with Crippen LogP contribution >= 0.6 is 35.3 Å². The topological polar surface area (TPSA) is 67.8 Å². The highest BCUT2D eigenvalue weighted by Gasteiger charge is 2.07. The van der Waals surface area contributed by atoms with E-state index in [1.807, 2.05) is 24.3 Å². The smallest absolute Gasteiger partial charge is 0.191 e. The van der Waals surface area contributed by atoms with Crippen LogP contribution in [0.25, 0.3) is 10.2 Å². The number of benzene rings is 2. The molecule has 6 nitrogen and oxygen atoms in total. The first kappa shape index (κ1) is 23.2. The van der Waals surface area contributed by atoms with Gasteiger partial charge in [0.15, 0.2) is 5.96 Å². The number of aromatic nitrogens is 1. The van der Waals surface area contributed by atoms with E-state index in [0.717, 1.165) is 47.9 Å². The summed E-state index contributed by atoms with van der Waals surface area (Å²) in [7, 11) is 5.08. The second-order valence-electron chi connectivity index (χ2n) is 6.21. The van der Waals surface area contributed by atoms with Gasteiger partial charge < -0.3 is 20.1 Å². The summed E-state index contributed by atoms with van der Waals surface area (Å²) < 4.78 is 11.9. The lowest BCUT2D eigenvalue weighted by Gasteiger charge is -2.14. The largest absolute Gasteiger partial charge is 0.497 e. The van der Waals surface area contributed by atoms with Crippen LogP contribution < -0.4 is 20.1 Å². The normalized spacial score (nSPS) is 11.1. The lowest BCUT2D eigenvalue weighted by Crippen LogP contribution is -2.37. The van der Waals surface area contributed by atoms with Gasteiger partial charge in [-0.2, -0.15) is 0 Å². The Morgan fingerprint density at radius 3 is 2.66 bits per heavy atom. The summed E-state index contributed by atoms with van der Waals surface area (Å²) in [5, 5.41) is 7.85. The van der Waals surface area contributed by atoms with Crippen molar-refractivity contribution < 1.29 is 9.47 Å². The molecule has 0 aliphatic rings. The third kappa shape index (κ3) is 6.46. The lowest BCUT2D eigenvalue weighted by molar-refractivity contribution is 0.390. The van der Waals surface area contributed by atoms with Crippen molar-refractivity contribution in [2.75, 3.05) is 27.8 Å². The fourth-order valence-electron chi connectivity index (χ4n) is 2.87. The minimum atomic E-state index is 0. The van der Waals surface area contributed by atoms with Crippen LogP contribution in [0.1, 0.15) is 17.0 Å². The van der Waals surface area contributed by atoms with E-state index in [1.54, 1.807) is 32.6 Å². The number of fused-ring (bicyclic) bond motifs is 1. The van der Waals surface area contributed by atoms with Crippen molar-refractivity contribution in [1.82, 2.24) is 15.6 Å². The number of nitrogens with one attached hydrogen (secondary N) is 2.